The number of hydrogen-bond donors (Lipinski definition) is 0. The van der Waals surface area contributed by atoms with Gasteiger partial charge in [-0.05, 0) is 39.6 Å². The van der Waals surface area contributed by atoms with Gasteiger partial charge in [0.15, 0.2) is 0 Å². The summed E-state index contributed by atoms with van der Waals surface area (Å²) in [5, 5.41) is 4.81. The summed E-state index contributed by atoms with van der Waals surface area (Å²) in [4.78, 5) is 0. The highest BCUT2D eigenvalue weighted by molar-refractivity contribution is 6.09. The highest BCUT2D eigenvalue weighted by Gasteiger charge is 2.26. The van der Waals surface area contributed by atoms with Crippen LogP contribution in [0.1, 0.15) is 13.8 Å². The Kier molecular flexibility index (Phi) is 3.78. The minimum Gasteiger partial charge on any atom is -0.489 e. The quantitative estimate of drug-likeness (QED) is 0.391. The van der Waals surface area contributed by atoms with E-state index in [0.29, 0.717) is 12.5 Å². The smallest absolute Gasteiger partial charge is 0.135 e. The second-order valence-electron chi connectivity index (χ2n) is 7.53. The van der Waals surface area contributed by atoms with Crippen LogP contribution in [-0.4, -0.2) is 12.7 Å². The van der Waals surface area contributed by atoms with Crippen LogP contribution >= 0.6 is 0 Å². The molecule has 0 saturated carbocycles. The summed E-state index contributed by atoms with van der Waals surface area (Å²) >= 11 is 0. The van der Waals surface area contributed by atoms with Crippen molar-refractivity contribution in [3.8, 4) is 22.6 Å². The largest absolute Gasteiger partial charge is 0.489 e. The number of ether oxygens (including phenoxy) is 2. The molecule has 27 heavy (non-hydrogen) atoms. The van der Waals surface area contributed by atoms with Crippen molar-refractivity contribution in [1.82, 2.24) is 0 Å². The first-order chi connectivity index (χ1) is 13.2. The minimum absolute atomic E-state index is 0.0181. The monoisotopic (exact) mass is 354 g/mol. The fourth-order valence-corrected chi connectivity index (χ4v) is 3.93. The van der Waals surface area contributed by atoms with Gasteiger partial charge in [0, 0.05) is 11.1 Å². The average Bonchev–Trinajstić information content (AvgIpc) is 2.68. The van der Waals surface area contributed by atoms with Crippen LogP contribution in [0.3, 0.4) is 0 Å². The molecule has 0 bridgehead atoms. The van der Waals surface area contributed by atoms with Crippen molar-refractivity contribution in [1.29, 1.82) is 0 Å². The van der Waals surface area contributed by atoms with Crippen molar-refractivity contribution in [3.05, 3.63) is 72.8 Å². The van der Waals surface area contributed by atoms with E-state index >= 15 is 0 Å². The molecule has 0 fully saturated rings. The van der Waals surface area contributed by atoms with Crippen molar-refractivity contribution < 1.29 is 9.47 Å². The molecule has 4 aromatic rings. The standard InChI is InChI=1S/C25H22O2/c1-16(2)23-15-26-21-13-11-17-7-3-5-9-19(17)24(21)25-20-10-6-4-8-18(20)12-14-22(25)27-23/h3-14,16,23H,15H2,1-2H3. The Morgan fingerprint density at radius 1 is 0.704 bits per heavy atom. The van der Waals surface area contributed by atoms with Crippen molar-refractivity contribution >= 4 is 21.5 Å². The topological polar surface area (TPSA) is 18.5 Å². The molecule has 1 unspecified atom stereocenters. The van der Waals surface area contributed by atoms with E-state index in [9.17, 15) is 0 Å². The van der Waals surface area contributed by atoms with E-state index in [1.807, 2.05) is 0 Å². The Morgan fingerprint density at radius 3 is 1.89 bits per heavy atom. The van der Waals surface area contributed by atoms with Gasteiger partial charge in [0.2, 0.25) is 0 Å². The van der Waals surface area contributed by atoms with Crippen molar-refractivity contribution in [2.45, 2.75) is 20.0 Å². The molecule has 5 rings (SSSR count). The lowest BCUT2D eigenvalue weighted by atomic mass is 9.91. The molecule has 134 valence electrons. The maximum absolute atomic E-state index is 6.49. The van der Waals surface area contributed by atoms with Gasteiger partial charge < -0.3 is 9.47 Å². The number of benzene rings is 4. The van der Waals surface area contributed by atoms with Crippen LogP contribution in [0.5, 0.6) is 11.5 Å². The molecule has 1 atom stereocenters. The highest BCUT2D eigenvalue weighted by Crippen LogP contribution is 2.46. The lowest BCUT2D eigenvalue weighted by Gasteiger charge is -2.29. The Morgan fingerprint density at radius 2 is 1.26 bits per heavy atom. The van der Waals surface area contributed by atoms with Crippen LogP contribution in [0.2, 0.25) is 0 Å². The van der Waals surface area contributed by atoms with Gasteiger partial charge in [0.25, 0.3) is 0 Å². The molecule has 0 aromatic heterocycles. The maximum atomic E-state index is 6.49. The molecular formula is C25H22O2. The zero-order valence-electron chi connectivity index (χ0n) is 15.6. The van der Waals surface area contributed by atoms with Crippen LogP contribution in [0.4, 0.5) is 0 Å². The molecule has 0 saturated heterocycles. The predicted octanol–water partition coefficient (Wildman–Crippen LogP) is 6.46. The molecule has 2 nitrogen and oxygen atoms in total. The fourth-order valence-electron chi connectivity index (χ4n) is 3.93. The fraction of sp³-hybridized carbons (Fsp3) is 0.200. The summed E-state index contributed by atoms with van der Waals surface area (Å²) in [6.07, 6.45) is 0.0181. The second kappa shape index (κ2) is 6.31. The Hall–Kier alpha value is -3.00. The SMILES string of the molecule is CC(C)C1COc2ccc3ccccc3c2-c2c(ccc3ccccc23)O1. The van der Waals surface area contributed by atoms with E-state index in [4.69, 9.17) is 9.47 Å². The second-order valence-corrected chi connectivity index (χ2v) is 7.53. The molecule has 2 heteroatoms. The minimum atomic E-state index is 0.0181. The molecule has 0 radical (unpaired) electrons. The van der Waals surface area contributed by atoms with Crippen LogP contribution in [0.25, 0.3) is 32.7 Å². The molecule has 1 aliphatic rings. The van der Waals surface area contributed by atoms with Crippen LogP contribution in [-0.2, 0) is 0 Å². The molecule has 0 aliphatic carbocycles. The molecule has 0 amide bonds. The Balaban J connectivity index is 1.90. The van der Waals surface area contributed by atoms with Gasteiger partial charge in [0.1, 0.15) is 24.2 Å². The number of hydrogen-bond acceptors (Lipinski definition) is 2. The lowest BCUT2D eigenvalue weighted by Crippen LogP contribution is -2.31. The van der Waals surface area contributed by atoms with Crippen LogP contribution < -0.4 is 9.47 Å². The summed E-state index contributed by atoms with van der Waals surface area (Å²) in [6, 6.07) is 25.5. The van der Waals surface area contributed by atoms with E-state index in [1.54, 1.807) is 0 Å². The van der Waals surface area contributed by atoms with E-state index in [-0.39, 0.29) is 6.10 Å². The zero-order valence-corrected chi connectivity index (χ0v) is 15.6. The Labute approximate surface area is 159 Å². The number of rotatable bonds is 1. The molecule has 1 aliphatic heterocycles. The van der Waals surface area contributed by atoms with Crippen molar-refractivity contribution in [2.75, 3.05) is 6.61 Å². The third-order valence-electron chi connectivity index (χ3n) is 5.46. The van der Waals surface area contributed by atoms with Crippen LogP contribution in [0, 0.1) is 5.92 Å². The molecule has 0 N–H and O–H groups in total. The first kappa shape index (κ1) is 16.2. The normalized spacial score (nSPS) is 16.2. The first-order valence-electron chi connectivity index (χ1n) is 9.55. The molecule has 4 aromatic carbocycles. The maximum Gasteiger partial charge on any atom is 0.135 e. The van der Waals surface area contributed by atoms with Gasteiger partial charge in [-0.3, -0.25) is 0 Å². The molecular weight excluding hydrogens is 332 g/mol. The summed E-state index contributed by atoms with van der Waals surface area (Å²) in [5.74, 6) is 2.24. The zero-order chi connectivity index (χ0) is 18.4. The summed E-state index contributed by atoms with van der Waals surface area (Å²) < 4.78 is 12.8. The van der Waals surface area contributed by atoms with Crippen molar-refractivity contribution in [2.24, 2.45) is 5.92 Å². The van der Waals surface area contributed by atoms with E-state index in [0.717, 1.165) is 22.6 Å². The summed E-state index contributed by atoms with van der Waals surface area (Å²) in [6.45, 7) is 4.91. The summed E-state index contributed by atoms with van der Waals surface area (Å²) in [5.41, 5.74) is 2.26. The van der Waals surface area contributed by atoms with E-state index in [1.165, 1.54) is 21.5 Å². The third-order valence-corrected chi connectivity index (χ3v) is 5.46. The van der Waals surface area contributed by atoms with Gasteiger partial charge in [-0.15, -0.1) is 0 Å². The highest BCUT2D eigenvalue weighted by atomic mass is 16.5. The van der Waals surface area contributed by atoms with E-state index < -0.39 is 0 Å². The van der Waals surface area contributed by atoms with Gasteiger partial charge in [-0.25, -0.2) is 0 Å². The Bertz CT molecular complexity index is 1140. The lowest BCUT2D eigenvalue weighted by molar-refractivity contribution is 0.0898. The third kappa shape index (κ3) is 2.64. The molecule has 0 spiro atoms. The predicted molar refractivity (Wildman–Crippen MR) is 112 cm³/mol. The molecule has 1 heterocycles. The first-order valence-corrected chi connectivity index (χ1v) is 9.55. The average molecular weight is 354 g/mol. The van der Waals surface area contributed by atoms with Crippen LogP contribution in [0.15, 0.2) is 72.8 Å². The van der Waals surface area contributed by atoms with Gasteiger partial charge in [0.05, 0.1) is 0 Å². The van der Waals surface area contributed by atoms with Gasteiger partial charge >= 0.3 is 0 Å². The van der Waals surface area contributed by atoms with E-state index in [2.05, 4.69) is 86.6 Å². The van der Waals surface area contributed by atoms with Gasteiger partial charge in [-0.1, -0.05) is 74.5 Å². The number of fused-ring (bicyclic) bond motifs is 7. The summed E-state index contributed by atoms with van der Waals surface area (Å²) in [7, 11) is 0. The van der Waals surface area contributed by atoms with Gasteiger partial charge in [-0.2, -0.15) is 0 Å². The van der Waals surface area contributed by atoms with Crippen molar-refractivity contribution in [3.63, 3.8) is 0 Å².